The van der Waals surface area contributed by atoms with Crippen molar-refractivity contribution in [3.8, 4) is 5.75 Å². The lowest BCUT2D eigenvalue weighted by atomic mass is 10.1. The minimum atomic E-state index is -1.22. The third kappa shape index (κ3) is 3.43. The minimum Gasteiger partial charge on any atom is -0.503 e. The number of allylic oxidation sites excluding steroid dienone is 1. The Morgan fingerprint density at radius 1 is 1.19 bits per heavy atom. The highest BCUT2D eigenvalue weighted by atomic mass is 19.1. The first kappa shape index (κ1) is 21.6. The van der Waals surface area contributed by atoms with Crippen LogP contribution >= 0.6 is 0 Å². The number of halogens is 4. The summed E-state index contributed by atoms with van der Waals surface area (Å²) in [5.41, 5.74) is -2.72. The van der Waals surface area contributed by atoms with E-state index in [0.717, 1.165) is 6.20 Å². The molecular weight excluding hydrogens is 434 g/mol. The Hall–Kier alpha value is -3.63. The largest absolute Gasteiger partial charge is 0.503 e. The van der Waals surface area contributed by atoms with Crippen LogP contribution in [0.2, 0.25) is 0 Å². The Balaban J connectivity index is 1.69. The fraction of sp³-hybridized carbons (Fsp3) is 0.286. The summed E-state index contributed by atoms with van der Waals surface area (Å²) in [4.78, 5) is 39.2. The van der Waals surface area contributed by atoms with Crippen molar-refractivity contribution < 1.29 is 32.3 Å². The van der Waals surface area contributed by atoms with Crippen LogP contribution in [0.4, 0.5) is 17.6 Å². The summed E-state index contributed by atoms with van der Waals surface area (Å²) in [6.07, 6.45) is 2.50. The highest BCUT2D eigenvalue weighted by Gasteiger charge is 2.39. The molecule has 0 saturated carbocycles. The molecular formula is C21H17F4N3O4. The average Bonchev–Trinajstić information content (AvgIpc) is 2.85. The number of carbonyl (C=O) groups excluding carboxylic acids is 2. The van der Waals surface area contributed by atoms with Gasteiger partial charge in [-0.1, -0.05) is 0 Å². The molecule has 3 heterocycles. The predicted molar refractivity (Wildman–Crippen MR) is 103 cm³/mol. The lowest BCUT2D eigenvalue weighted by molar-refractivity contribution is 0.0607. The normalized spacial score (nSPS) is 19.8. The van der Waals surface area contributed by atoms with Gasteiger partial charge in [-0.15, -0.1) is 0 Å². The van der Waals surface area contributed by atoms with Crippen molar-refractivity contribution in [2.45, 2.75) is 32.0 Å². The zero-order valence-electron chi connectivity index (χ0n) is 16.7. The maximum absolute atomic E-state index is 14.2. The minimum absolute atomic E-state index is 0.0896. The Kier molecular flexibility index (Phi) is 5.27. The van der Waals surface area contributed by atoms with E-state index >= 15 is 0 Å². The molecule has 2 bridgehead atoms. The van der Waals surface area contributed by atoms with Crippen LogP contribution < -0.4 is 10.7 Å². The van der Waals surface area contributed by atoms with E-state index in [1.165, 1.54) is 22.5 Å². The lowest BCUT2D eigenvalue weighted by Gasteiger charge is -2.37. The molecule has 0 saturated heterocycles. The lowest BCUT2D eigenvalue weighted by Crippen LogP contribution is -2.48. The van der Waals surface area contributed by atoms with E-state index in [1.807, 2.05) is 0 Å². The van der Waals surface area contributed by atoms with Gasteiger partial charge in [0.1, 0.15) is 28.8 Å². The molecule has 2 amide bonds. The van der Waals surface area contributed by atoms with Gasteiger partial charge < -0.3 is 19.9 Å². The van der Waals surface area contributed by atoms with Crippen molar-refractivity contribution in [2.75, 3.05) is 6.54 Å². The number of aromatic hydroxyl groups is 1. The van der Waals surface area contributed by atoms with Crippen molar-refractivity contribution in [3.63, 3.8) is 0 Å². The molecule has 2 aromatic rings. The number of hydrogen-bond donors (Lipinski definition) is 2. The maximum Gasteiger partial charge on any atom is 0.275 e. The second-order valence-electron chi connectivity index (χ2n) is 7.62. The van der Waals surface area contributed by atoms with Gasteiger partial charge in [-0.05, 0) is 19.4 Å². The zero-order chi connectivity index (χ0) is 23.3. The zero-order valence-corrected chi connectivity index (χ0v) is 16.7. The second-order valence-corrected chi connectivity index (χ2v) is 7.62. The van der Waals surface area contributed by atoms with Gasteiger partial charge in [0.2, 0.25) is 5.43 Å². The molecule has 4 rings (SSSR count). The predicted octanol–water partition coefficient (Wildman–Crippen LogP) is 2.54. The van der Waals surface area contributed by atoms with Gasteiger partial charge in [-0.3, -0.25) is 14.4 Å². The molecule has 2 aliphatic heterocycles. The summed E-state index contributed by atoms with van der Waals surface area (Å²) >= 11 is 0. The van der Waals surface area contributed by atoms with Crippen LogP contribution in [0.5, 0.6) is 5.75 Å². The summed E-state index contributed by atoms with van der Waals surface area (Å²) < 4.78 is 56.1. The quantitative estimate of drug-likeness (QED) is 0.702. The molecule has 2 N–H and O–H groups in total. The number of aromatic nitrogens is 1. The summed E-state index contributed by atoms with van der Waals surface area (Å²) in [6, 6.07) is -0.537. The molecule has 0 aliphatic carbocycles. The SMILES string of the molecule is CC1C(F)=CC[C@@H]2CN1C(=O)c1c(O)c(=O)c(C(=O)NCc3c(F)cc(F)cc3F)cn12. The topological polar surface area (TPSA) is 91.6 Å². The number of rotatable bonds is 3. The van der Waals surface area contributed by atoms with Crippen LogP contribution in [0, 0.1) is 17.5 Å². The van der Waals surface area contributed by atoms with Crippen molar-refractivity contribution in [1.82, 2.24) is 14.8 Å². The van der Waals surface area contributed by atoms with E-state index in [2.05, 4.69) is 5.32 Å². The van der Waals surface area contributed by atoms with Crippen molar-refractivity contribution in [1.29, 1.82) is 0 Å². The fourth-order valence-corrected chi connectivity index (χ4v) is 3.91. The van der Waals surface area contributed by atoms with Crippen molar-refractivity contribution in [2.24, 2.45) is 0 Å². The number of benzene rings is 1. The van der Waals surface area contributed by atoms with Crippen molar-refractivity contribution >= 4 is 11.8 Å². The van der Waals surface area contributed by atoms with Crippen LogP contribution in [0.3, 0.4) is 0 Å². The Labute approximate surface area is 178 Å². The van der Waals surface area contributed by atoms with Gasteiger partial charge in [0.25, 0.3) is 11.8 Å². The number of hydrogen-bond acceptors (Lipinski definition) is 4. The van der Waals surface area contributed by atoms with E-state index in [4.69, 9.17) is 0 Å². The fourth-order valence-electron chi connectivity index (χ4n) is 3.91. The third-order valence-corrected chi connectivity index (χ3v) is 5.70. The molecule has 2 atom stereocenters. The number of amides is 2. The van der Waals surface area contributed by atoms with E-state index in [0.29, 0.717) is 12.1 Å². The van der Waals surface area contributed by atoms with Gasteiger partial charge in [0.05, 0.1) is 12.1 Å². The molecule has 1 aromatic carbocycles. The number of nitrogens with one attached hydrogen (secondary N) is 1. The van der Waals surface area contributed by atoms with Gasteiger partial charge >= 0.3 is 0 Å². The number of fused-ring (bicyclic) bond motifs is 4. The van der Waals surface area contributed by atoms with E-state index < -0.39 is 76.0 Å². The van der Waals surface area contributed by atoms with Crippen LogP contribution in [-0.2, 0) is 6.54 Å². The third-order valence-electron chi connectivity index (χ3n) is 5.70. The van der Waals surface area contributed by atoms with Gasteiger partial charge in [0.15, 0.2) is 11.4 Å². The summed E-state index contributed by atoms with van der Waals surface area (Å²) in [5.74, 6) is -6.92. The maximum atomic E-state index is 14.2. The number of carbonyl (C=O) groups is 2. The van der Waals surface area contributed by atoms with Crippen molar-refractivity contribution in [3.05, 3.63) is 74.7 Å². The highest BCUT2D eigenvalue weighted by molar-refractivity contribution is 5.99. The molecule has 32 heavy (non-hydrogen) atoms. The number of pyridine rings is 1. The summed E-state index contributed by atoms with van der Waals surface area (Å²) in [6.45, 7) is 0.874. The number of nitrogens with zero attached hydrogens (tertiary/aromatic N) is 2. The van der Waals surface area contributed by atoms with E-state index in [9.17, 15) is 37.1 Å². The summed E-state index contributed by atoms with van der Waals surface area (Å²) in [7, 11) is 0. The molecule has 1 unspecified atom stereocenters. The first-order valence-corrected chi connectivity index (χ1v) is 9.66. The van der Waals surface area contributed by atoms with E-state index in [1.54, 1.807) is 0 Å². The molecule has 168 valence electrons. The average molecular weight is 451 g/mol. The first-order chi connectivity index (χ1) is 15.1. The molecule has 2 aliphatic rings. The molecule has 7 nitrogen and oxygen atoms in total. The Morgan fingerprint density at radius 2 is 1.84 bits per heavy atom. The standard InChI is InChI=1S/C21H17F4N3O4/c1-9-14(23)3-2-11-7-27(9)21(32)17-19(30)18(29)13(8-28(11)17)20(31)26-6-12-15(24)4-10(22)5-16(12)25/h3-5,8-9,11,30H,2,6-7H2,1H3,(H,26,31)/t9?,11-/m1/s1. The van der Waals surface area contributed by atoms with E-state index in [-0.39, 0.29) is 18.7 Å². The van der Waals surface area contributed by atoms with Gasteiger partial charge in [-0.25, -0.2) is 17.6 Å². The molecule has 0 fully saturated rings. The summed E-state index contributed by atoms with van der Waals surface area (Å²) in [5, 5.41) is 12.6. The first-order valence-electron chi connectivity index (χ1n) is 9.66. The molecule has 1 aromatic heterocycles. The Morgan fingerprint density at radius 3 is 2.50 bits per heavy atom. The van der Waals surface area contributed by atoms with Gasteiger partial charge in [0, 0.05) is 37.0 Å². The smallest absolute Gasteiger partial charge is 0.275 e. The monoisotopic (exact) mass is 451 g/mol. The van der Waals surface area contributed by atoms with Gasteiger partial charge in [-0.2, -0.15) is 0 Å². The van der Waals surface area contributed by atoms with Crippen LogP contribution in [-0.4, -0.2) is 39.0 Å². The highest BCUT2D eigenvalue weighted by Crippen LogP contribution is 2.34. The van der Waals surface area contributed by atoms with Crippen LogP contribution in [0.25, 0.3) is 0 Å². The Bertz CT molecular complexity index is 1220. The molecule has 0 radical (unpaired) electrons. The molecule has 11 heteroatoms. The van der Waals surface area contributed by atoms with Crippen LogP contribution in [0.15, 0.2) is 35.0 Å². The van der Waals surface area contributed by atoms with Crippen LogP contribution in [0.1, 0.15) is 45.8 Å². The second kappa shape index (κ2) is 7.81. The molecule has 0 spiro atoms.